The Kier molecular flexibility index (Phi) is 6.24. The SMILES string of the molecule is CN(CC1COc2ccccc2O1)c1nc(CN2CCOCC2)nc2scc(-c3ccccc3)c12. The lowest BCUT2D eigenvalue weighted by Gasteiger charge is -2.31. The number of benzene rings is 2. The second-order valence-corrected chi connectivity index (χ2v) is 9.78. The van der Waals surface area contributed by atoms with Crippen LogP contribution in [0.25, 0.3) is 21.3 Å². The zero-order valence-electron chi connectivity index (χ0n) is 19.7. The van der Waals surface area contributed by atoms with Crippen LogP contribution in [0.2, 0.25) is 0 Å². The van der Waals surface area contributed by atoms with Crippen LogP contribution in [0.3, 0.4) is 0 Å². The van der Waals surface area contributed by atoms with Gasteiger partial charge in [-0.3, -0.25) is 4.90 Å². The van der Waals surface area contributed by atoms with Gasteiger partial charge in [-0.05, 0) is 17.7 Å². The minimum absolute atomic E-state index is 0.0959. The highest BCUT2D eigenvalue weighted by Gasteiger charge is 2.25. The maximum atomic E-state index is 6.25. The molecule has 2 aromatic heterocycles. The number of ether oxygens (including phenoxy) is 3. The van der Waals surface area contributed by atoms with Crippen molar-refractivity contribution >= 4 is 27.4 Å². The zero-order chi connectivity index (χ0) is 23.6. The fraction of sp³-hybridized carbons (Fsp3) is 0.333. The number of anilines is 1. The van der Waals surface area contributed by atoms with E-state index in [1.807, 2.05) is 30.3 Å². The molecule has 2 aliphatic rings. The van der Waals surface area contributed by atoms with E-state index in [2.05, 4.69) is 46.5 Å². The van der Waals surface area contributed by atoms with E-state index in [4.69, 9.17) is 24.2 Å². The smallest absolute Gasteiger partial charge is 0.161 e. The summed E-state index contributed by atoms with van der Waals surface area (Å²) in [7, 11) is 2.08. The highest BCUT2D eigenvalue weighted by Crippen LogP contribution is 2.39. The third-order valence-electron chi connectivity index (χ3n) is 6.42. The van der Waals surface area contributed by atoms with Crippen LogP contribution in [0.1, 0.15) is 5.82 Å². The highest BCUT2D eigenvalue weighted by atomic mass is 32.1. The molecule has 6 rings (SSSR count). The van der Waals surface area contributed by atoms with Crippen molar-refractivity contribution in [3.63, 3.8) is 0 Å². The van der Waals surface area contributed by atoms with E-state index in [-0.39, 0.29) is 6.10 Å². The van der Waals surface area contributed by atoms with Crippen molar-refractivity contribution in [2.75, 3.05) is 51.4 Å². The first kappa shape index (κ1) is 22.3. The summed E-state index contributed by atoms with van der Waals surface area (Å²) in [4.78, 5) is 15.6. The molecular weight excluding hydrogens is 460 g/mol. The maximum Gasteiger partial charge on any atom is 0.161 e. The van der Waals surface area contributed by atoms with Gasteiger partial charge in [-0.15, -0.1) is 11.3 Å². The molecule has 4 heterocycles. The number of fused-ring (bicyclic) bond motifs is 2. The van der Waals surface area contributed by atoms with E-state index in [1.54, 1.807) is 11.3 Å². The van der Waals surface area contributed by atoms with Crippen LogP contribution in [0.15, 0.2) is 60.0 Å². The van der Waals surface area contributed by atoms with Crippen LogP contribution in [0.5, 0.6) is 11.5 Å². The van der Waals surface area contributed by atoms with E-state index in [1.165, 1.54) is 5.56 Å². The first-order valence-corrected chi connectivity index (χ1v) is 12.9. The third-order valence-corrected chi connectivity index (χ3v) is 7.29. The minimum atomic E-state index is -0.0959. The lowest BCUT2D eigenvalue weighted by molar-refractivity contribution is 0.0331. The van der Waals surface area contributed by atoms with Crippen LogP contribution in [0, 0.1) is 0 Å². The summed E-state index contributed by atoms with van der Waals surface area (Å²) in [5.74, 6) is 3.36. The monoisotopic (exact) mass is 488 g/mol. The van der Waals surface area contributed by atoms with Gasteiger partial charge < -0.3 is 19.1 Å². The number of thiophene rings is 1. The maximum absolute atomic E-state index is 6.25. The molecule has 1 saturated heterocycles. The molecule has 1 atom stereocenters. The fourth-order valence-electron chi connectivity index (χ4n) is 4.65. The summed E-state index contributed by atoms with van der Waals surface area (Å²) in [5, 5.41) is 3.28. The van der Waals surface area contributed by atoms with Gasteiger partial charge in [-0.2, -0.15) is 0 Å². The van der Waals surface area contributed by atoms with Gasteiger partial charge in [0.2, 0.25) is 0 Å². The largest absolute Gasteiger partial charge is 0.486 e. The summed E-state index contributed by atoms with van der Waals surface area (Å²) < 4.78 is 17.7. The Hall–Kier alpha value is -3.20. The van der Waals surface area contributed by atoms with Gasteiger partial charge >= 0.3 is 0 Å². The molecule has 7 nitrogen and oxygen atoms in total. The quantitative estimate of drug-likeness (QED) is 0.397. The standard InChI is InChI=1S/C27H28N4O3S/c1-30(15-20-17-33-22-9-5-6-10-23(22)34-20)26-25-21(19-7-3-2-4-8-19)18-35-27(25)29-24(28-26)16-31-11-13-32-14-12-31/h2-10,18,20H,11-17H2,1H3. The van der Waals surface area contributed by atoms with E-state index in [0.717, 1.165) is 71.8 Å². The Labute approximate surface area is 208 Å². The molecule has 0 radical (unpaired) electrons. The number of para-hydroxylation sites is 2. The molecule has 35 heavy (non-hydrogen) atoms. The normalized spacial score (nSPS) is 18.0. The molecule has 1 fully saturated rings. The first-order valence-electron chi connectivity index (χ1n) is 12.0. The van der Waals surface area contributed by atoms with Gasteiger partial charge in [0.1, 0.15) is 23.1 Å². The molecule has 4 aromatic rings. The topological polar surface area (TPSA) is 60.0 Å². The van der Waals surface area contributed by atoms with Crippen LogP contribution < -0.4 is 14.4 Å². The van der Waals surface area contributed by atoms with Gasteiger partial charge in [0, 0.05) is 31.1 Å². The third kappa shape index (κ3) is 4.69. The Balaban J connectivity index is 1.34. The second-order valence-electron chi connectivity index (χ2n) is 8.93. The Bertz CT molecular complexity index is 1310. The first-order chi connectivity index (χ1) is 17.2. The average Bonchev–Trinajstić information content (AvgIpc) is 3.33. The van der Waals surface area contributed by atoms with Crippen molar-refractivity contribution in [3.8, 4) is 22.6 Å². The van der Waals surface area contributed by atoms with E-state index in [0.29, 0.717) is 13.2 Å². The summed E-state index contributed by atoms with van der Waals surface area (Å²) in [6, 6.07) is 18.3. The van der Waals surface area contributed by atoms with E-state index in [9.17, 15) is 0 Å². The van der Waals surface area contributed by atoms with Gasteiger partial charge in [0.05, 0.1) is 31.7 Å². The van der Waals surface area contributed by atoms with Gasteiger partial charge in [0.25, 0.3) is 0 Å². The average molecular weight is 489 g/mol. The molecule has 1 unspecified atom stereocenters. The number of aromatic nitrogens is 2. The lowest BCUT2D eigenvalue weighted by atomic mass is 10.1. The molecule has 8 heteroatoms. The molecule has 0 spiro atoms. The van der Waals surface area contributed by atoms with Crippen LogP contribution in [-0.2, 0) is 11.3 Å². The predicted octanol–water partition coefficient (Wildman–Crippen LogP) is 4.47. The van der Waals surface area contributed by atoms with Crippen molar-refractivity contribution in [1.82, 2.24) is 14.9 Å². The van der Waals surface area contributed by atoms with Crippen molar-refractivity contribution in [2.45, 2.75) is 12.6 Å². The number of nitrogens with zero attached hydrogens (tertiary/aromatic N) is 4. The molecule has 0 aliphatic carbocycles. The Morgan fingerprint density at radius 3 is 2.60 bits per heavy atom. The molecule has 180 valence electrons. The lowest BCUT2D eigenvalue weighted by Crippen LogP contribution is -2.40. The van der Waals surface area contributed by atoms with Crippen molar-refractivity contribution in [2.24, 2.45) is 0 Å². The minimum Gasteiger partial charge on any atom is -0.486 e. The highest BCUT2D eigenvalue weighted by molar-refractivity contribution is 7.17. The number of morpholine rings is 1. The summed E-state index contributed by atoms with van der Waals surface area (Å²) in [5.41, 5.74) is 2.33. The van der Waals surface area contributed by atoms with Gasteiger partial charge in [-0.25, -0.2) is 9.97 Å². The van der Waals surface area contributed by atoms with E-state index < -0.39 is 0 Å². The van der Waals surface area contributed by atoms with Crippen LogP contribution >= 0.6 is 11.3 Å². The van der Waals surface area contributed by atoms with Crippen LogP contribution in [-0.4, -0.2) is 67.5 Å². The molecule has 0 bridgehead atoms. The van der Waals surface area contributed by atoms with Gasteiger partial charge in [0.15, 0.2) is 17.6 Å². The molecule has 2 aliphatic heterocycles. The zero-order valence-corrected chi connectivity index (χ0v) is 20.5. The molecule has 2 aromatic carbocycles. The van der Waals surface area contributed by atoms with Gasteiger partial charge in [-0.1, -0.05) is 42.5 Å². The Morgan fingerprint density at radius 1 is 1.00 bits per heavy atom. The van der Waals surface area contributed by atoms with Crippen molar-refractivity contribution in [1.29, 1.82) is 0 Å². The summed E-state index contributed by atoms with van der Waals surface area (Å²) >= 11 is 1.68. The van der Waals surface area contributed by atoms with Crippen molar-refractivity contribution in [3.05, 3.63) is 65.8 Å². The summed E-state index contributed by atoms with van der Waals surface area (Å²) in [6.45, 7) is 5.19. The van der Waals surface area contributed by atoms with Crippen LogP contribution in [0.4, 0.5) is 5.82 Å². The fourth-order valence-corrected chi connectivity index (χ4v) is 5.61. The number of hydrogen-bond donors (Lipinski definition) is 0. The summed E-state index contributed by atoms with van der Waals surface area (Å²) in [6.07, 6.45) is -0.0959. The predicted molar refractivity (Wildman–Crippen MR) is 139 cm³/mol. The molecule has 0 amide bonds. The van der Waals surface area contributed by atoms with E-state index >= 15 is 0 Å². The number of hydrogen-bond acceptors (Lipinski definition) is 8. The molecule has 0 saturated carbocycles. The molecular formula is C27H28N4O3S. The number of rotatable bonds is 6. The van der Waals surface area contributed by atoms with Crippen molar-refractivity contribution < 1.29 is 14.2 Å². The number of likely N-dealkylation sites (N-methyl/N-ethyl adjacent to an activating group) is 1. The second kappa shape index (κ2) is 9.81. The molecule has 0 N–H and O–H groups in total. The Morgan fingerprint density at radius 2 is 1.77 bits per heavy atom.